The van der Waals surface area contributed by atoms with Crippen LogP contribution in [0, 0.1) is 0 Å². The first-order valence-corrected chi connectivity index (χ1v) is 11.1. The zero-order chi connectivity index (χ0) is 22.1. The maximum absolute atomic E-state index is 5.33. The van der Waals surface area contributed by atoms with E-state index in [9.17, 15) is 0 Å². The standard InChI is InChI=1S/C24H36N6O.HI/c1-5-25-24(26-17-20-9-8-10-23(28-20)29(2)3)27-18-22(30-15-6-7-16-30)19-11-13-21(31-4)14-12-19;/h8-14,22H,5-7,15-18H2,1-4H3,(H2,25,26,27);1H. The van der Waals surface area contributed by atoms with E-state index in [4.69, 9.17) is 9.73 Å². The summed E-state index contributed by atoms with van der Waals surface area (Å²) in [6.45, 7) is 6.50. The van der Waals surface area contributed by atoms with Crippen molar-refractivity contribution in [2.24, 2.45) is 4.99 Å². The number of nitrogens with one attached hydrogen (secondary N) is 2. The molecule has 0 amide bonds. The third-order valence-electron chi connectivity index (χ3n) is 5.54. The summed E-state index contributed by atoms with van der Waals surface area (Å²) in [7, 11) is 5.70. The van der Waals surface area contributed by atoms with Crippen molar-refractivity contribution in [1.82, 2.24) is 20.5 Å². The van der Waals surface area contributed by atoms with E-state index in [-0.39, 0.29) is 24.0 Å². The van der Waals surface area contributed by atoms with Gasteiger partial charge in [0, 0.05) is 27.2 Å². The Hall–Kier alpha value is -2.07. The molecule has 1 aliphatic rings. The van der Waals surface area contributed by atoms with Crippen molar-refractivity contribution in [2.75, 3.05) is 52.3 Å². The number of hydrogen-bond donors (Lipinski definition) is 2. The molecular weight excluding hydrogens is 515 g/mol. The molecule has 1 aliphatic heterocycles. The van der Waals surface area contributed by atoms with E-state index in [1.54, 1.807) is 7.11 Å². The largest absolute Gasteiger partial charge is 0.497 e. The van der Waals surface area contributed by atoms with Gasteiger partial charge in [0.05, 0.1) is 25.4 Å². The van der Waals surface area contributed by atoms with Gasteiger partial charge in [-0.25, -0.2) is 9.98 Å². The molecule has 2 heterocycles. The van der Waals surface area contributed by atoms with E-state index < -0.39 is 0 Å². The Morgan fingerprint density at radius 2 is 1.84 bits per heavy atom. The van der Waals surface area contributed by atoms with Gasteiger partial charge in [-0.05, 0) is 62.7 Å². The van der Waals surface area contributed by atoms with Gasteiger partial charge in [0.15, 0.2) is 5.96 Å². The van der Waals surface area contributed by atoms with Crippen molar-refractivity contribution >= 4 is 35.8 Å². The number of aromatic nitrogens is 1. The predicted molar refractivity (Wildman–Crippen MR) is 143 cm³/mol. The highest BCUT2D eigenvalue weighted by Gasteiger charge is 2.23. The molecule has 2 aromatic rings. The van der Waals surface area contributed by atoms with Crippen LogP contribution in [0.3, 0.4) is 0 Å². The Morgan fingerprint density at radius 3 is 2.47 bits per heavy atom. The smallest absolute Gasteiger partial charge is 0.191 e. The maximum atomic E-state index is 5.33. The summed E-state index contributed by atoms with van der Waals surface area (Å²) in [6.07, 6.45) is 2.52. The number of rotatable bonds is 9. The maximum Gasteiger partial charge on any atom is 0.191 e. The van der Waals surface area contributed by atoms with E-state index >= 15 is 0 Å². The van der Waals surface area contributed by atoms with Crippen molar-refractivity contribution in [3.05, 3.63) is 53.7 Å². The topological polar surface area (TPSA) is 65.0 Å². The third kappa shape index (κ3) is 7.51. The number of methoxy groups -OCH3 is 1. The number of pyridine rings is 1. The third-order valence-corrected chi connectivity index (χ3v) is 5.54. The number of likely N-dealkylation sites (tertiary alicyclic amines) is 1. The van der Waals surface area contributed by atoms with Crippen LogP contribution in [-0.4, -0.2) is 63.2 Å². The monoisotopic (exact) mass is 552 g/mol. The summed E-state index contributed by atoms with van der Waals surface area (Å²) in [4.78, 5) is 14.0. The second-order valence-electron chi connectivity index (χ2n) is 7.99. The van der Waals surface area contributed by atoms with Gasteiger partial charge >= 0.3 is 0 Å². The van der Waals surface area contributed by atoms with Crippen LogP contribution in [0.1, 0.15) is 37.1 Å². The molecule has 1 fully saturated rings. The first-order chi connectivity index (χ1) is 15.1. The SMILES string of the molecule is CCNC(=NCc1cccc(N(C)C)n1)NCC(c1ccc(OC)cc1)N1CCCC1.I. The average Bonchev–Trinajstić information content (AvgIpc) is 3.32. The number of benzene rings is 1. The van der Waals surface area contributed by atoms with Crippen molar-refractivity contribution in [1.29, 1.82) is 0 Å². The lowest BCUT2D eigenvalue weighted by atomic mass is 10.1. The molecule has 0 radical (unpaired) electrons. The molecule has 0 saturated carbocycles. The molecule has 3 rings (SSSR count). The second kappa shape index (κ2) is 13.5. The number of ether oxygens (including phenoxy) is 1. The fourth-order valence-corrected chi connectivity index (χ4v) is 3.84. The fourth-order valence-electron chi connectivity index (χ4n) is 3.84. The van der Waals surface area contributed by atoms with Crippen LogP contribution in [0.5, 0.6) is 5.75 Å². The molecule has 1 aromatic heterocycles. The summed E-state index contributed by atoms with van der Waals surface area (Å²) in [5, 5.41) is 6.93. The predicted octanol–water partition coefficient (Wildman–Crippen LogP) is 3.67. The highest BCUT2D eigenvalue weighted by atomic mass is 127. The number of hydrogen-bond acceptors (Lipinski definition) is 5. The number of aliphatic imine (C=N–C) groups is 1. The highest BCUT2D eigenvalue weighted by molar-refractivity contribution is 14.0. The van der Waals surface area contributed by atoms with Crippen LogP contribution in [0.2, 0.25) is 0 Å². The van der Waals surface area contributed by atoms with Crippen LogP contribution < -0.4 is 20.3 Å². The Morgan fingerprint density at radius 1 is 1.12 bits per heavy atom. The Labute approximate surface area is 209 Å². The average molecular weight is 553 g/mol. The molecular formula is C24H37IN6O. The molecule has 32 heavy (non-hydrogen) atoms. The minimum Gasteiger partial charge on any atom is -0.497 e. The summed E-state index contributed by atoms with van der Waals surface area (Å²) in [5.74, 6) is 2.65. The van der Waals surface area contributed by atoms with Gasteiger partial charge in [-0.15, -0.1) is 24.0 Å². The lowest BCUT2D eigenvalue weighted by Crippen LogP contribution is -2.42. The summed E-state index contributed by atoms with van der Waals surface area (Å²) in [6, 6.07) is 14.8. The van der Waals surface area contributed by atoms with E-state index in [2.05, 4.69) is 39.6 Å². The van der Waals surface area contributed by atoms with Crippen LogP contribution in [0.15, 0.2) is 47.5 Å². The van der Waals surface area contributed by atoms with Crippen LogP contribution in [0.25, 0.3) is 0 Å². The van der Waals surface area contributed by atoms with Gasteiger partial charge in [-0.3, -0.25) is 4.90 Å². The van der Waals surface area contributed by atoms with Gasteiger partial charge in [0.25, 0.3) is 0 Å². The van der Waals surface area contributed by atoms with E-state index in [0.717, 1.165) is 49.4 Å². The van der Waals surface area contributed by atoms with Crippen LogP contribution in [0.4, 0.5) is 5.82 Å². The molecule has 7 nitrogen and oxygen atoms in total. The minimum absolute atomic E-state index is 0. The summed E-state index contributed by atoms with van der Waals surface area (Å²) < 4.78 is 5.33. The Bertz CT molecular complexity index is 837. The fraction of sp³-hybridized carbons (Fsp3) is 0.500. The van der Waals surface area contributed by atoms with Crippen LogP contribution >= 0.6 is 24.0 Å². The zero-order valence-corrected chi connectivity index (χ0v) is 22.0. The molecule has 1 unspecified atom stereocenters. The second-order valence-corrected chi connectivity index (χ2v) is 7.99. The van der Waals surface area contributed by atoms with Crippen molar-refractivity contribution in [2.45, 2.75) is 32.4 Å². The van der Waals surface area contributed by atoms with Gasteiger partial charge in [0.1, 0.15) is 11.6 Å². The number of anilines is 1. The minimum atomic E-state index is 0. The molecule has 0 aliphatic carbocycles. The molecule has 1 aromatic carbocycles. The summed E-state index contributed by atoms with van der Waals surface area (Å²) in [5.41, 5.74) is 2.25. The molecule has 0 spiro atoms. The molecule has 0 bridgehead atoms. The number of halogens is 1. The molecule has 1 atom stereocenters. The zero-order valence-electron chi connectivity index (χ0n) is 19.7. The van der Waals surface area contributed by atoms with E-state index in [0.29, 0.717) is 12.6 Å². The summed E-state index contributed by atoms with van der Waals surface area (Å²) >= 11 is 0. The van der Waals surface area contributed by atoms with E-state index in [1.807, 2.05) is 49.3 Å². The number of guanidine groups is 1. The molecule has 176 valence electrons. The van der Waals surface area contributed by atoms with Gasteiger partial charge in [-0.2, -0.15) is 0 Å². The first-order valence-electron chi connectivity index (χ1n) is 11.1. The molecule has 8 heteroatoms. The number of nitrogens with zero attached hydrogens (tertiary/aromatic N) is 4. The van der Waals surface area contributed by atoms with E-state index in [1.165, 1.54) is 18.4 Å². The van der Waals surface area contributed by atoms with Gasteiger partial charge < -0.3 is 20.3 Å². The van der Waals surface area contributed by atoms with Crippen molar-refractivity contribution in [3.63, 3.8) is 0 Å². The van der Waals surface area contributed by atoms with Crippen molar-refractivity contribution < 1.29 is 4.74 Å². The molecule has 1 saturated heterocycles. The van der Waals surface area contributed by atoms with Crippen molar-refractivity contribution in [3.8, 4) is 5.75 Å². The first kappa shape index (κ1) is 26.2. The lowest BCUT2D eigenvalue weighted by molar-refractivity contribution is 0.245. The van der Waals surface area contributed by atoms with Crippen LogP contribution in [-0.2, 0) is 6.54 Å². The highest BCUT2D eigenvalue weighted by Crippen LogP contribution is 2.26. The Kier molecular flexibility index (Phi) is 11.0. The quantitative estimate of drug-likeness (QED) is 0.281. The lowest BCUT2D eigenvalue weighted by Gasteiger charge is -2.29. The van der Waals surface area contributed by atoms with Gasteiger partial charge in [-0.1, -0.05) is 18.2 Å². The Balaban J connectivity index is 0.00000363. The molecule has 2 N–H and O–H groups in total. The van der Waals surface area contributed by atoms with Gasteiger partial charge in [0.2, 0.25) is 0 Å². The normalized spacial score (nSPS) is 15.1.